The molecular formula is C23H26ClN3O. The molecule has 0 atom stereocenters. The number of nitrogens with one attached hydrogen (secondary N) is 1. The van der Waals surface area contributed by atoms with Crippen molar-refractivity contribution in [2.75, 3.05) is 11.9 Å². The Balaban J connectivity index is 1.91. The Hall–Kier alpha value is -2.43. The van der Waals surface area contributed by atoms with Gasteiger partial charge in [-0.15, -0.1) is 0 Å². The number of benzene rings is 2. The van der Waals surface area contributed by atoms with E-state index in [0.29, 0.717) is 23.4 Å². The zero-order valence-electron chi connectivity index (χ0n) is 16.6. The first-order valence-corrected chi connectivity index (χ1v) is 9.94. The highest BCUT2D eigenvalue weighted by Gasteiger charge is 2.14. The molecule has 3 aromatic rings. The van der Waals surface area contributed by atoms with E-state index in [9.17, 15) is 0 Å². The average Bonchev–Trinajstić information content (AvgIpc) is 2.69. The Labute approximate surface area is 172 Å². The molecule has 1 N–H and O–H groups in total. The molecule has 3 rings (SSSR count). The molecule has 0 bridgehead atoms. The monoisotopic (exact) mass is 395 g/mol. The standard InChI is InChI=1S/C23H26ClN3O/c1-16(2)13-14-28-15-21-17(3)25-22(18-7-5-4-6-8-18)27-23(21)26-20-11-9-19(24)10-12-20/h4-12,16H,13-15H2,1-3H3,(H,25,26,27). The summed E-state index contributed by atoms with van der Waals surface area (Å²) in [5, 5.41) is 4.11. The lowest BCUT2D eigenvalue weighted by molar-refractivity contribution is 0.110. The van der Waals surface area contributed by atoms with E-state index in [4.69, 9.17) is 26.3 Å². The third kappa shape index (κ3) is 5.54. The van der Waals surface area contributed by atoms with Crippen LogP contribution in [0.4, 0.5) is 11.5 Å². The fraction of sp³-hybridized carbons (Fsp3) is 0.304. The summed E-state index contributed by atoms with van der Waals surface area (Å²) < 4.78 is 5.91. The van der Waals surface area contributed by atoms with Crippen LogP contribution in [0.1, 0.15) is 31.5 Å². The van der Waals surface area contributed by atoms with Gasteiger partial charge in [0, 0.05) is 34.1 Å². The Kier molecular flexibility index (Phi) is 7.01. The quantitative estimate of drug-likeness (QED) is 0.447. The van der Waals surface area contributed by atoms with Gasteiger partial charge in [0.05, 0.1) is 6.61 Å². The van der Waals surface area contributed by atoms with Gasteiger partial charge in [-0.05, 0) is 43.5 Å². The SMILES string of the molecule is Cc1nc(-c2ccccc2)nc(Nc2ccc(Cl)cc2)c1COCCC(C)C. The van der Waals surface area contributed by atoms with Crippen LogP contribution in [0, 0.1) is 12.8 Å². The zero-order valence-corrected chi connectivity index (χ0v) is 17.3. The van der Waals surface area contributed by atoms with Gasteiger partial charge in [-0.3, -0.25) is 0 Å². The summed E-state index contributed by atoms with van der Waals surface area (Å²) in [6.07, 6.45) is 1.03. The van der Waals surface area contributed by atoms with Crippen LogP contribution >= 0.6 is 11.6 Å². The molecule has 0 aliphatic rings. The van der Waals surface area contributed by atoms with Gasteiger partial charge in [0.1, 0.15) is 5.82 Å². The lowest BCUT2D eigenvalue weighted by Crippen LogP contribution is -2.08. The van der Waals surface area contributed by atoms with Gasteiger partial charge in [-0.2, -0.15) is 0 Å². The highest BCUT2D eigenvalue weighted by molar-refractivity contribution is 6.30. The van der Waals surface area contributed by atoms with Crippen molar-refractivity contribution in [3.8, 4) is 11.4 Å². The van der Waals surface area contributed by atoms with E-state index in [-0.39, 0.29) is 0 Å². The van der Waals surface area contributed by atoms with Gasteiger partial charge < -0.3 is 10.1 Å². The van der Waals surface area contributed by atoms with E-state index in [1.54, 1.807) is 0 Å². The molecule has 1 aromatic heterocycles. The van der Waals surface area contributed by atoms with Crippen LogP contribution in [-0.2, 0) is 11.3 Å². The van der Waals surface area contributed by atoms with Crippen molar-refractivity contribution in [1.82, 2.24) is 9.97 Å². The summed E-state index contributed by atoms with van der Waals surface area (Å²) >= 11 is 6.01. The van der Waals surface area contributed by atoms with Crippen molar-refractivity contribution < 1.29 is 4.74 Å². The molecule has 0 radical (unpaired) electrons. The van der Waals surface area contributed by atoms with Crippen molar-refractivity contribution in [3.63, 3.8) is 0 Å². The maximum atomic E-state index is 6.01. The maximum Gasteiger partial charge on any atom is 0.161 e. The van der Waals surface area contributed by atoms with E-state index in [1.807, 2.05) is 61.5 Å². The first kappa shape index (κ1) is 20.3. The number of halogens is 1. The van der Waals surface area contributed by atoms with Crippen LogP contribution < -0.4 is 5.32 Å². The number of hydrogen-bond donors (Lipinski definition) is 1. The number of aryl methyl sites for hydroxylation is 1. The molecule has 0 saturated heterocycles. The summed E-state index contributed by atoms with van der Waals surface area (Å²) in [4.78, 5) is 9.52. The molecule has 5 heteroatoms. The average molecular weight is 396 g/mol. The van der Waals surface area contributed by atoms with Gasteiger partial charge in [-0.1, -0.05) is 55.8 Å². The minimum absolute atomic E-state index is 0.476. The smallest absolute Gasteiger partial charge is 0.161 e. The maximum absolute atomic E-state index is 6.01. The van der Waals surface area contributed by atoms with Crippen LogP contribution in [0.25, 0.3) is 11.4 Å². The molecule has 0 aliphatic carbocycles. The highest BCUT2D eigenvalue weighted by Crippen LogP contribution is 2.26. The molecule has 28 heavy (non-hydrogen) atoms. The third-order valence-corrected chi connectivity index (χ3v) is 4.69. The first-order valence-electron chi connectivity index (χ1n) is 9.56. The molecule has 0 unspecified atom stereocenters. The molecule has 0 saturated carbocycles. The van der Waals surface area contributed by atoms with Gasteiger partial charge in [0.15, 0.2) is 5.82 Å². The largest absolute Gasteiger partial charge is 0.377 e. The van der Waals surface area contributed by atoms with Crippen molar-refractivity contribution in [1.29, 1.82) is 0 Å². The Bertz CT molecular complexity index is 896. The fourth-order valence-electron chi connectivity index (χ4n) is 2.75. The number of hydrogen-bond acceptors (Lipinski definition) is 4. The first-order chi connectivity index (χ1) is 13.5. The van der Waals surface area contributed by atoms with Gasteiger partial charge in [0.2, 0.25) is 0 Å². The molecule has 0 amide bonds. The fourth-order valence-corrected chi connectivity index (χ4v) is 2.88. The van der Waals surface area contributed by atoms with Crippen LogP contribution in [-0.4, -0.2) is 16.6 Å². The van der Waals surface area contributed by atoms with E-state index in [0.717, 1.165) is 41.4 Å². The lowest BCUT2D eigenvalue weighted by Gasteiger charge is -2.16. The predicted molar refractivity (Wildman–Crippen MR) is 116 cm³/mol. The Morgan fingerprint density at radius 2 is 1.71 bits per heavy atom. The number of ether oxygens (including phenoxy) is 1. The van der Waals surface area contributed by atoms with Crippen molar-refractivity contribution in [2.45, 2.75) is 33.8 Å². The predicted octanol–water partition coefficient (Wildman–Crippen LogP) is 6.41. The Morgan fingerprint density at radius 1 is 1.00 bits per heavy atom. The second-order valence-corrected chi connectivity index (χ2v) is 7.63. The zero-order chi connectivity index (χ0) is 19.9. The molecule has 4 nitrogen and oxygen atoms in total. The summed E-state index contributed by atoms with van der Waals surface area (Å²) in [6, 6.07) is 17.6. The van der Waals surface area contributed by atoms with Crippen molar-refractivity contribution in [3.05, 3.63) is 70.9 Å². The second-order valence-electron chi connectivity index (χ2n) is 7.19. The normalized spacial score (nSPS) is 11.0. The third-order valence-electron chi connectivity index (χ3n) is 4.44. The molecule has 1 heterocycles. The summed E-state index contributed by atoms with van der Waals surface area (Å²) in [5.41, 5.74) is 3.79. The minimum Gasteiger partial charge on any atom is -0.377 e. The van der Waals surface area contributed by atoms with Crippen LogP contribution in [0.2, 0.25) is 5.02 Å². The van der Waals surface area contributed by atoms with Gasteiger partial charge in [0.25, 0.3) is 0 Å². The number of anilines is 2. The van der Waals surface area contributed by atoms with Crippen molar-refractivity contribution in [2.24, 2.45) is 5.92 Å². The number of rotatable bonds is 8. The van der Waals surface area contributed by atoms with Crippen molar-refractivity contribution >= 4 is 23.1 Å². The molecule has 2 aromatic carbocycles. The van der Waals surface area contributed by atoms with Gasteiger partial charge >= 0.3 is 0 Å². The number of nitrogens with zero attached hydrogens (tertiary/aromatic N) is 2. The molecule has 0 fully saturated rings. The lowest BCUT2D eigenvalue weighted by atomic mass is 10.1. The molecule has 146 valence electrons. The summed E-state index contributed by atoms with van der Waals surface area (Å²) in [7, 11) is 0. The van der Waals surface area contributed by atoms with Crippen LogP contribution in [0.15, 0.2) is 54.6 Å². The van der Waals surface area contributed by atoms with Crippen LogP contribution in [0.5, 0.6) is 0 Å². The van der Waals surface area contributed by atoms with E-state index in [2.05, 4.69) is 19.2 Å². The Morgan fingerprint density at radius 3 is 2.39 bits per heavy atom. The summed E-state index contributed by atoms with van der Waals surface area (Å²) in [5.74, 6) is 2.07. The van der Waals surface area contributed by atoms with Gasteiger partial charge in [-0.25, -0.2) is 9.97 Å². The number of aromatic nitrogens is 2. The second kappa shape index (κ2) is 9.67. The minimum atomic E-state index is 0.476. The highest BCUT2D eigenvalue weighted by atomic mass is 35.5. The molecule has 0 aliphatic heterocycles. The molecule has 0 spiro atoms. The molecular weight excluding hydrogens is 370 g/mol. The topological polar surface area (TPSA) is 47.0 Å². The van der Waals surface area contributed by atoms with E-state index in [1.165, 1.54) is 0 Å². The van der Waals surface area contributed by atoms with E-state index < -0.39 is 0 Å². The van der Waals surface area contributed by atoms with Crippen LogP contribution in [0.3, 0.4) is 0 Å². The van der Waals surface area contributed by atoms with E-state index >= 15 is 0 Å². The summed E-state index contributed by atoms with van der Waals surface area (Å²) in [6.45, 7) is 7.59.